The summed E-state index contributed by atoms with van der Waals surface area (Å²) in [4.78, 5) is 14.1. The Bertz CT molecular complexity index is 822. The van der Waals surface area contributed by atoms with Crippen LogP contribution < -0.4 is 15.2 Å². The standard InChI is InChI=1S/C14H15N3O4S2/c15-23(19,20)17-11-3-1-2-10(7-11)16-14(18)13-6-9-8-21-5-4-12(9)22-13/h1-3,6-7,17H,4-5,8H2,(H,16,18)(H2,15,19,20). The molecule has 0 aliphatic carbocycles. The number of ether oxygens (including phenoxy) is 1. The largest absolute Gasteiger partial charge is 0.376 e. The first-order valence-electron chi connectivity index (χ1n) is 6.82. The van der Waals surface area contributed by atoms with Gasteiger partial charge in [0.15, 0.2) is 0 Å². The first-order chi connectivity index (χ1) is 10.9. The van der Waals surface area contributed by atoms with Crippen molar-refractivity contribution >= 4 is 38.8 Å². The van der Waals surface area contributed by atoms with E-state index in [4.69, 9.17) is 9.88 Å². The van der Waals surface area contributed by atoms with Crippen molar-refractivity contribution in [2.24, 2.45) is 5.14 Å². The van der Waals surface area contributed by atoms with Gasteiger partial charge < -0.3 is 10.1 Å². The van der Waals surface area contributed by atoms with E-state index in [-0.39, 0.29) is 11.6 Å². The number of carbonyl (C=O) groups excluding carboxylic acids is 1. The summed E-state index contributed by atoms with van der Waals surface area (Å²) >= 11 is 1.45. The molecule has 0 saturated carbocycles. The summed E-state index contributed by atoms with van der Waals surface area (Å²) in [6.45, 7) is 1.21. The normalized spacial score (nSPS) is 14.1. The topological polar surface area (TPSA) is 111 Å². The van der Waals surface area contributed by atoms with Gasteiger partial charge in [-0.15, -0.1) is 11.3 Å². The van der Waals surface area contributed by atoms with Crippen molar-refractivity contribution in [2.75, 3.05) is 16.6 Å². The van der Waals surface area contributed by atoms with Gasteiger partial charge in [-0.1, -0.05) is 6.07 Å². The lowest BCUT2D eigenvalue weighted by molar-refractivity contribution is 0.102. The summed E-state index contributed by atoms with van der Waals surface area (Å²) in [5, 5.41) is 7.68. The molecular formula is C14H15N3O4S2. The summed E-state index contributed by atoms with van der Waals surface area (Å²) in [6.07, 6.45) is 0.820. The molecule has 1 amide bonds. The Morgan fingerprint density at radius 1 is 1.26 bits per heavy atom. The van der Waals surface area contributed by atoms with Crippen molar-refractivity contribution in [1.82, 2.24) is 0 Å². The third kappa shape index (κ3) is 4.08. The van der Waals surface area contributed by atoms with E-state index in [0.29, 0.717) is 23.8 Å². The first-order valence-corrected chi connectivity index (χ1v) is 9.18. The van der Waals surface area contributed by atoms with Crippen LogP contribution in [0.15, 0.2) is 30.3 Å². The number of carbonyl (C=O) groups is 1. The average Bonchev–Trinajstić information content (AvgIpc) is 2.90. The van der Waals surface area contributed by atoms with Gasteiger partial charge in [0.25, 0.3) is 16.1 Å². The smallest absolute Gasteiger partial charge is 0.296 e. The third-order valence-corrected chi connectivity index (χ3v) is 4.99. The molecule has 0 unspecified atom stereocenters. The van der Waals surface area contributed by atoms with Gasteiger partial charge >= 0.3 is 0 Å². The molecule has 2 heterocycles. The molecule has 9 heteroatoms. The molecule has 2 aromatic rings. The Balaban J connectivity index is 1.75. The monoisotopic (exact) mass is 353 g/mol. The van der Waals surface area contributed by atoms with Crippen molar-refractivity contribution in [3.8, 4) is 0 Å². The van der Waals surface area contributed by atoms with Crippen LogP contribution in [0.5, 0.6) is 0 Å². The van der Waals surface area contributed by atoms with Crippen LogP contribution in [-0.4, -0.2) is 20.9 Å². The summed E-state index contributed by atoms with van der Waals surface area (Å²) in [5.74, 6) is -0.239. The number of nitrogens with two attached hydrogens (primary N) is 1. The number of fused-ring (bicyclic) bond motifs is 1. The fraction of sp³-hybridized carbons (Fsp3) is 0.214. The van der Waals surface area contributed by atoms with Crippen LogP contribution in [0.25, 0.3) is 0 Å². The molecule has 1 aromatic carbocycles. The molecule has 3 rings (SSSR count). The number of nitrogens with one attached hydrogen (secondary N) is 2. The predicted molar refractivity (Wildman–Crippen MR) is 88.8 cm³/mol. The molecule has 4 N–H and O–H groups in total. The van der Waals surface area contributed by atoms with E-state index < -0.39 is 10.2 Å². The third-order valence-electron chi connectivity index (χ3n) is 3.23. The Kier molecular flexibility index (Phi) is 4.35. The summed E-state index contributed by atoms with van der Waals surface area (Å²) in [7, 11) is -3.85. The number of rotatable bonds is 4. The minimum atomic E-state index is -3.85. The van der Waals surface area contributed by atoms with Crippen molar-refractivity contribution < 1.29 is 17.9 Å². The molecule has 1 aliphatic rings. The van der Waals surface area contributed by atoms with E-state index >= 15 is 0 Å². The predicted octanol–water partition coefficient (Wildman–Crippen LogP) is 1.69. The SMILES string of the molecule is NS(=O)(=O)Nc1cccc(NC(=O)c2cc3c(s2)CCOC3)c1. The fourth-order valence-electron chi connectivity index (χ4n) is 2.28. The zero-order valence-electron chi connectivity index (χ0n) is 12.0. The number of hydrogen-bond acceptors (Lipinski definition) is 5. The minimum absolute atomic E-state index is 0.239. The van der Waals surface area contributed by atoms with Crippen LogP contribution in [-0.2, 0) is 28.0 Å². The van der Waals surface area contributed by atoms with Gasteiger partial charge in [0.1, 0.15) is 0 Å². The molecule has 23 heavy (non-hydrogen) atoms. The number of benzene rings is 1. The number of amides is 1. The van der Waals surface area contributed by atoms with E-state index in [0.717, 1.165) is 12.0 Å². The second-order valence-electron chi connectivity index (χ2n) is 5.04. The van der Waals surface area contributed by atoms with Crippen LogP contribution in [0.4, 0.5) is 11.4 Å². The quantitative estimate of drug-likeness (QED) is 0.777. The number of thiophene rings is 1. The number of anilines is 2. The van der Waals surface area contributed by atoms with Gasteiger partial charge in [0, 0.05) is 17.0 Å². The lowest BCUT2D eigenvalue weighted by Gasteiger charge is -2.10. The van der Waals surface area contributed by atoms with Crippen LogP contribution >= 0.6 is 11.3 Å². The van der Waals surface area contributed by atoms with Gasteiger partial charge in [-0.05, 0) is 29.8 Å². The Hall–Kier alpha value is -1.94. The van der Waals surface area contributed by atoms with E-state index in [9.17, 15) is 13.2 Å². The highest BCUT2D eigenvalue weighted by Crippen LogP contribution is 2.27. The molecule has 0 fully saturated rings. The lowest BCUT2D eigenvalue weighted by atomic mass is 10.2. The van der Waals surface area contributed by atoms with Crippen LogP contribution in [0.2, 0.25) is 0 Å². The molecule has 0 spiro atoms. The Labute approximate surface area is 137 Å². The van der Waals surface area contributed by atoms with Crippen molar-refractivity contribution in [3.63, 3.8) is 0 Å². The zero-order valence-corrected chi connectivity index (χ0v) is 13.7. The highest BCUT2D eigenvalue weighted by Gasteiger charge is 2.17. The van der Waals surface area contributed by atoms with Crippen LogP contribution in [0.1, 0.15) is 20.1 Å². The Morgan fingerprint density at radius 2 is 2.04 bits per heavy atom. The summed E-state index contributed by atoms with van der Waals surface area (Å²) in [5.41, 5.74) is 1.81. The van der Waals surface area contributed by atoms with Crippen LogP contribution in [0, 0.1) is 0 Å². The van der Waals surface area contributed by atoms with Gasteiger partial charge in [-0.3, -0.25) is 9.52 Å². The molecule has 1 aromatic heterocycles. The van der Waals surface area contributed by atoms with Crippen molar-refractivity contribution in [3.05, 3.63) is 45.6 Å². The fourth-order valence-corrected chi connectivity index (χ4v) is 3.78. The highest BCUT2D eigenvalue weighted by atomic mass is 32.2. The summed E-state index contributed by atoms with van der Waals surface area (Å²) in [6, 6.07) is 8.17. The molecule has 7 nitrogen and oxygen atoms in total. The minimum Gasteiger partial charge on any atom is -0.376 e. The lowest BCUT2D eigenvalue weighted by Crippen LogP contribution is -2.21. The van der Waals surface area contributed by atoms with Gasteiger partial charge in [-0.25, -0.2) is 5.14 Å². The molecular weight excluding hydrogens is 338 g/mol. The van der Waals surface area contributed by atoms with E-state index in [1.54, 1.807) is 18.2 Å². The molecule has 122 valence electrons. The highest BCUT2D eigenvalue weighted by molar-refractivity contribution is 7.90. The maximum absolute atomic E-state index is 12.3. The average molecular weight is 353 g/mol. The zero-order chi connectivity index (χ0) is 16.4. The van der Waals surface area contributed by atoms with E-state index in [2.05, 4.69) is 10.0 Å². The maximum atomic E-state index is 12.3. The van der Waals surface area contributed by atoms with Crippen molar-refractivity contribution in [1.29, 1.82) is 0 Å². The Morgan fingerprint density at radius 3 is 2.78 bits per heavy atom. The number of hydrogen-bond donors (Lipinski definition) is 3. The molecule has 1 aliphatic heterocycles. The van der Waals surface area contributed by atoms with Gasteiger partial charge in [-0.2, -0.15) is 8.42 Å². The van der Waals surface area contributed by atoms with Gasteiger partial charge in [0.05, 0.1) is 23.8 Å². The van der Waals surface area contributed by atoms with E-state index in [1.165, 1.54) is 22.3 Å². The van der Waals surface area contributed by atoms with Crippen molar-refractivity contribution in [2.45, 2.75) is 13.0 Å². The second kappa shape index (κ2) is 6.28. The second-order valence-corrected chi connectivity index (χ2v) is 7.47. The first kappa shape index (κ1) is 15.9. The van der Waals surface area contributed by atoms with Gasteiger partial charge in [0.2, 0.25) is 0 Å². The maximum Gasteiger partial charge on any atom is 0.296 e. The molecule has 0 radical (unpaired) electrons. The summed E-state index contributed by atoms with van der Waals surface area (Å²) < 4.78 is 29.6. The molecule has 0 saturated heterocycles. The van der Waals surface area contributed by atoms with Crippen LogP contribution in [0.3, 0.4) is 0 Å². The molecule has 0 atom stereocenters. The molecule has 0 bridgehead atoms. The van der Waals surface area contributed by atoms with E-state index in [1.807, 2.05) is 6.07 Å².